The first-order valence-electron chi connectivity index (χ1n) is 6.24. The number of carbonyl (C=O) groups is 1. The third kappa shape index (κ3) is 2.44. The van der Waals surface area contributed by atoms with E-state index in [1.54, 1.807) is 0 Å². The molecule has 86 valence electrons. The number of urea groups is 1. The molecular formula is C12H22N2O. The number of hydrogen-bond acceptors (Lipinski definition) is 1. The summed E-state index contributed by atoms with van der Waals surface area (Å²) in [6, 6.07) is 0.879. The fourth-order valence-corrected chi connectivity index (χ4v) is 2.52. The molecule has 0 aliphatic heterocycles. The molecule has 0 spiro atoms. The Hall–Kier alpha value is -0.730. The standard InChI is InChI=1S/C12H22N2O/c1-8-6-7-11(9(8)2)14-12(15)13-10-4-3-5-10/h8-11H,3-7H2,1-2H3,(H2,13,14,15). The Morgan fingerprint density at radius 3 is 2.27 bits per heavy atom. The van der Waals surface area contributed by atoms with Gasteiger partial charge in [-0.1, -0.05) is 13.8 Å². The second-order valence-electron chi connectivity index (χ2n) is 5.27. The van der Waals surface area contributed by atoms with Crippen LogP contribution >= 0.6 is 0 Å². The maximum atomic E-state index is 11.6. The van der Waals surface area contributed by atoms with Gasteiger partial charge in [0, 0.05) is 12.1 Å². The van der Waals surface area contributed by atoms with E-state index < -0.39 is 0 Å². The molecule has 0 bridgehead atoms. The highest BCUT2D eigenvalue weighted by molar-refractivity contribution is 5.74. The molecule has 3 heteroatoms. The van der Waals surface area contributed by atoms with Gasteiger partial charge in [-0.3, -0.25) is 0 Å². The van der Waals surface area contributed by atoms with Gasteiger partial charge in [-0.25, -0.2) is 4.79 Å². The highest BCUT2D eigenvalue weighted by atomic mass is 16.2. The van der Waals surface area contributed by atoms with Crippen molar-refractivity contribution in [2.75, 3.05) is 0 Å². The van der Waals surface area contributed by atoms with Crippen LogP contribution in [-0.4, -0.2) is 18.1 Å². The van der Waals surface area contributed by atoms with Crippen LogP contribution < -0.4 is 10.6 Å². The second-order valence-corrected chi connectivity index (χ2v) is 5.27. The summed E-state index contributed by atoms with van der Waals surface area (Å²) < 4.78 is 0. The van der Waals surface area contributed by atoms with Crippen LogP contribution in [-0.2, 0) is 0 Å². The molecule has 0 aromatic heterocycles. The number of nitrogens with one attached hydrogen (secondary N) is 2. The Balaban J connectivity index is 1.73. The molecular weight excluding hydrogens is 188 g/mol. The van der Waals surface area contributed by atoms with Crippen molar-refractivity contribution in [3.05, 3.63) is 0 Å². The van der Waals surface area contributed by atoms with Gasteiger partial charge >= 0.3 is 6.03 Å². The number of hydrogen-bond donors (Lipinski definition) is 2. The molecule has 2 N–H and O–H groups in total. The Labute approximate surface area is 92.0 Å². The first-order valence-corrected chi connectivity index (χ1v) is 6.24. The maximum Gasteiger partial charge on any atom is 0.315 e. The normalized spacial score (nSPS) is 36.0. The SMILES string of the molecule is CC1CCC(NC(=O)NC2CCC2)C1C. The lowest BCUT2D eigenvalue weighted by Crippen LogP contribution is -2.49. The van der Waals surface area contributed by atoms with Crippen LogP contribution in [0.1, 0.15) is 46.0 Å². The predicted molar refractivity (Wildman–Crippen MR) is 60.7 cm³/mol. The van der Waals surface area contributed by atoms with Crippen LogP contribution in [0.4, 0.5) is 4.79 Å². The molecule has 2 aliphatic carbocycles. The maximum absolute atomic E-state index is 11.6. The minimum absolute atomic E-state index is 0.0469. The molecule has 2 fully saturated rings. The first kappa shape index (κ1) is 10.8. The van der Waals surface area contributed by atoms with Gasteiger partial charge in [0.15, 0.2) is 0 Å². The summed E-state index contributed by atoms with van der Waals surface area (Å²) in [5.41, 5.74) is 0. The van der Waals surface area contributed by atoms with E-state index in [2.05, 4.69) is 24.5 Å². The lowest BCUT2D eigenvalue weighted by Gasteiger charge is -2.28. The number of rotatable bonds is 2. The number of carbonyl (C=O) groups excluding carboxylic acids is 1. The Kier molecular flexibility index (Phi) is 3.17. The van der Waals surface area contributed by atoms with E-state index in [9.17, 15) is 4.79 Å². The largest absolute Gasteiger partial charge is 0.335 e. The monoisotopic (exact) mass is 210 g/mol. The molecule has 2 aliphatic rings. The smallest absolute Gasteiger partial charge is 0.315 e. The van der Waals surface area contributed by atoms with Crippen molar-refractivity contribution >= 4 is 6.03 Å². The Bertz CT molecular complexity index is 238. The van der Waals surface area contributed by atoms with Crippen molar-refractivity contribution in [3.8, 4) is 0 Å². The van der Waals surface area contributed by atoms with Crippen LogP contribution in [0.15, 0.2) is 0 Å². The van der Waals surface area contributed by atoms with E-state index in [1.165, 1.54) is 12.8 Å². The zero-order chi connectivity index (χ0) is 10.8. The molecule has 3 atom stereocenters. The van der Waals surface area contributed by atoms with Crippen LogP contribution in [0, 0.1) is 11.8 Å². The van der Waals surface area contributed by atoms with E-state index in [4.69, 9.17) is 0 Å². The van der Waals surface area contributed by atoms with E-state index in [0.717, 1.165) is 25.2 Å². The Morgan fingerprint density at radius 1 is 1.07 bits per heavy atom. The summed E-state index contributed by atoms with van der Waals surface area (Å²) in [7, 11) is 0. The van der Waals surface area contributed by atoms with E-state index >= 15 is 0 Å². The summed E-state index contributed by atoms with van der Waals surface area (Å²) in [5.74, 6) is 1.37. The fourth-order valence-electron chi connectivity index (χ4n) is 2.52. The zero-order valence-corrected chi connectivity index (χ0v) is 9.75. The van der Waals surface area contributed by atoms with Crippen LogP contribution in [0.2, 0.25) is 0 Å². The molecule has 3 nitrogen and oxygen atoms in total. The molecule has 2 saturated carbocycles. The van der Waals surface area contributed by atoms with Gasteiger partial charge in [0.05, 0.1) is 0 Å². The summed E-state index contributed by atoms with van der Waals surface area (Å²) in [6.07, 6.45) is 5.96. The fraction of sp³-hybridized carbons (Fsp3) is 0.917. The summed E-state index contributed by atoms with van der Waals surface area (Å²) in [4.78, 5) is 11.6. The predicted octanol–water partition coefficient (Wildman–Crippen LogP) is 2.27. The van der Waals surface area contributed by atoms with Gasteiger partial charge in [0.25, 0.3) is 0 Å². The van der Waals surface area contributed by atoms with Crippen molar-refractivity contribution in [3.63, 3.8) is 0 Å². The Morgan fingerprint density at radius 2 is 1.80 bits per heavy atom. The third-order valence-electron chi connectivity index (χ3n) is 4.22. The van der Waals surface area contributed by atoms with Crippen LogP contribution in [0.5, 0.6) is 0 Å². The second kappa shape index (κ2) is 4.42. The van der Waals surface area contributed by atoms with Gasteiger partial charge in [-0.2, -0.15) is 0 Å². The van der Waals surface area contributed by atoms with Crippen molar-refractivity contribution in [2.24, 2.45) is 11.8 Å². The van der Waals surface area contributed by atoms with Gasteiger partial charge in [-0.15, -0.1) is 0 Å². The van der Waals surface area contributed by atoms with Crippen LogP contribution in [0.25, 0.3) is 0 Å². The lowest BCUT2D eigenvalue weighted by atomic mass is 9.93. The molecule has 2 rings (SSSR count). The van der Waals surface area contributed by atoms with Crippen molar-refractivity contribution in [2.45, 2.75) is 58.0 Å². The molecule has 0 aromatic rings. The summed E-state index contributed by atoms with van der Waals surface area (Å²) in [6.45, 7) is 4.52. The topological polar surface area (TPSA) is 41.1 Å². The molecule has 15 heavy (non-hydrogen) atoms. The first-order chi connectivity index (χ1) is 7.16. The highest BCUT2D eigenvalue weighted by Gasteiger charge is 2.31. The minimum Gasteiger partial charge on any atom is -0.335 e. The summed E-state index contributed by atoms with van der Waals surface area (Å²) >= 11 is 0. The average molecular weight is 210 g/mol. The van der Waals surface area contributed by atoms with Gasteiger partial charge in [0.2, 0.25) is 0 Å². The van der Waals surface area contributed by atoms with Gasteiger partial charge in [0.1, 0.15) is 0 Å². The average Bonchev–Trinajstić information content (AvgIpc) is 2.43. The van der Waals surface area contributed by atoms with Gasteiger partial charge in [-0.05, 0) is 43.9 Å². The quantitative estimate of drug-likeness (QED) is 0.721. The molecule has 0 radical (unpaired) electrons. The molecule has 0 heterocycles. The van der Waals surface area contributed by atoms with Crippen molar-refractivity contribution < 1.29 is 4.79 Å². The number of amides is 2. The van der Waals surface area contributed by atoms with Gasteiger partial charge < -0.3 is 10.6 Å². The highest BCUT2D eigenvalue weighted by Crippen LogP contribution is 2.31. The summed E-state index contributed by atoms with van der Waals surface area (Å²) in [5, 5.41) is 6.14. The zero-order valence-electron chi connectivity index (χ0n) is 9.75. The third-order valence-corrected chi connectivity index (χ3v) is 4.22. The molecule has 2 amide bonds. The van der Waals surface area contributed by atoms with E-state index in [0.29, 0.717) is 18.0 Å². The van der Waals surface area contributed by atoms with E-state index in [-0.39, 0.29) is 6.03 Å². The van der Waals surface area contributed by atoms with Crippen molar-refractivity contribution in [1.29, 1.82) is 0 Å². The minimum atomic E-state index is 0.0469. The molecule has 3 unspecified atom stereocenters. The molecule has 0 aromatic carbocycles. The lowest BCUT2D eigenvalue weighted by molar-refractivity contribution is 0.221. The van der Waals surface area contributed by atoms with E-state index in [1.807, 2.05) is 0 Å². The molecule has 0 saturated heterocycles. The van der Waals surface area contributed by atoms with Crippen LogP contribution in [0.3, 0.4) is 0 Å². The van der Waals surface area contributed by atoms with Crippen molar-refractivity contribution in [1.82, 2.24) is 10.6 Å².